The average Bonchev–Trinajstić information content (AvgIpc) is 2.78. The molecular formula is C27H32N2O2S. The minimum absolute atomic E-state index is 0.0670. The van der Waals surface area contributed by atoms with Crippen molar-refractivity contribution in [2.75, 3.05) is 6.54 Å². The van der Waals surface area contributed by atoms with Gasteiger partial charge in [0.1, 0.15) is 5.60 Å². The number of hydrogen-bond acceptors (Lipinski definition) is 4. The van der Waals surface area contributed by atoms with Crippen molar-refractivity contribution < 1.29 is 9.53 Å². The van der Waals surface area contributed by atoms with E-state index in [0.29, 0.717) is 13.0 Å². The summed E-state index contributed by atoms with van der Waals surface area (Å²) in [5.74, 6) is 0. The molecular weight excluding hydrogens is 416 g/mol. The topological polar surface area (TPSA) is 50.4 Å². The van der Waals surface area contributed by atoms with Crippen LogP contribution in [0.3, 0.4) is 0 Å². The summed E-state index contributed by atoms with van der Waals surface area (Å²) in [5.41, 5.74) is 8.15. The molecule has 0 aliphatic carbocycles. The first-order chi connectivity index (χ1) is 15.3. The summed E-state index contributed by atoms with van der Waals surface area (Å²) < 4.78 is 5.29. The van der Waals surface area contributed by atoms with Gasteiger partial charge in [-0.1, -0.05) is 91.0 Å². The Morgan fingerprint density at radius 1 is 0.812 bits per heavy atom. The van der Waals surface area contributed by atoms with Gasteiger partial charge in [-0.05, 0) is 43.9 Å². The Bertz CT molecular complexity index is 876. The van der Waals surface area contributed by atoms with Crippen LogP contribution in [0.1, 0.15) is 43.9 Å². The zero-order chi connectivity index (χ0) is 23.0. The van der Waals surface area contributed by atoms with Crippen molar-refractivity contribution in [1.29, 1.82) is 0 Å². The number of ether oxygens (including phenoxy) is 1. The lowest BCUT2D eigenvalue weighted by Gasteiger charge is -2.41. The van der Waals surface area contributed by atoms with Gasteiger partial charge in [0.05, 0.1) is 5.41 Å². The number of amides is 1. The predicted octanol–water partition coefficient (Wildman–Crippen LogP) is 5.74. The fraction of sp³-hybridized carbons (Fsp3) is 0.296. The number of benzene rings is 3. The summed E-state index contributed by atoms with van der Waals surface area (Å²) >= 11 is 5.15. The van der Waals surface area contributed by atoms with Crippen molar-refractivity contribution in [1.82, 2.24) is 10.9 Å². The molecule has 5 heteroatoms. The largest absolute Gasteiger partial charge is 0.443 e. The fourth-order valence-electron chi connectivity index (χ4n) is 4.04. The van der Waals surface area contributed by atoms with Crippen LogP contribution in [0, 0.1) is 0 Å². The Morgan fingerprint density at radius 3 is 1.59 bits per heavy atom. The monoisotopic (exact) mass is 448 g/mol. The molecule has 0 saturated carbocycles. The van der Waals surface area contributed by atoms with Crippen LogP contribution in [0.4, 0.5) is 4.79 Å². The molecule has 0 radical (unpaired) electrons. The first-order valence-corrected chi connectivity index (χ1v) is 11.4. The Kier molecular flexibility index (Phi) is 7.99. The lowest BCUT2D eigenvalue weighted by Crippen LogP contribution is -2.44. The van der Waals surface area contributed by atoms with E-state index in [9.17, 15) is 4.79 Å². The van der Waals surface area contributed by atoms with Crippen LogP contribution < -0.4 is 10.9 Å². The lowest BCUT2D eigenvalue weighted by atomic mass is 9.66. The number of carbonyl (C=O) groups excluding carboxylic acids is 1. The molecule has 0 spiro atoms. The number of nitrogens with one attached hydrogen (secondary N) is 2. The van der Waals surface area contributed by atoms with Gasteiger partial charge >= 0.3 is 6.09 Å². The molecule has 0 fully saturated rings. The van der Waals surface area contributed by atoms with E-state index in [1.54, 1.807) is 0 Å². The standard InChI is InChI=1S/C27H32N2O2S/c1-26(2,3)31-25(30)29-28-20-19-24(32)27(21-13-7-4-8-14-21,22-15-9-5-10-16-22)23-17-11-6-12-18-23/h4-18,24,28,32H,19-20H2,1-3H3,(H,29,30)/t24-/m1/s1. The van der Waals surface area contributed by atoms with Gasteiger partial charge in [0.15, 0.2) is 0 Å². The van der Waals surface area contributed by atoms with Crippen molar-refractivity contribution in [3.8, 4) is 0 Å². The quantitative estimate of drug-likeness (QED) is 0.178. The van der Waals surface area contributed by atoms with E-state index < -0.39 is 17.1 Å². The molecule has 3 rings (SSSR count). The van der Waals surface area contributed by atoms with Gasteiger partial charge in [0.2, 0.25) is 0 Å². The second kappa shape index (κ2) is 10.7. The minimum Gasteiger partial charge on any atom is -0.443 e. The lowest BCUT2D eigenvalue weighted by molar-refractivity contribution is 0.0498. The maximum absolute atomic E-state index is 11.9. The Labute approximate surface area is 196 Å². The van der Waals surface area contributed by atoms with Crippen LogP contribution in [-0.4, -0.2) is 23.5 Å². The molecule has 168 valence electrons. The third-order valence-electron chi connectivity index (χ3n) is 5.32. The van der Waals surface area contributed by atoms with Crippen LogP contribution in [0.15, 0.2) is 91.0 Å². The number of rotatable bonds is 8. The third kappa shape index (κ3) is 5.72. The van der Waals surface area contributed by atoms with Crippen molar-refractivity contribution in [3.63, 3.8) is 0 Å². The van der Waals surface area contributed by atoms with Crippen molar-refractivity contribution in [2.24, 2.45) is 0 Å². The van der Waals surface area contributed by atoms with Crippen LogP contribution >= 0.6 is 12.6 Å². The molecule has 0 saturated heterocycles. The second-order valence-electron chi connectivity index (χ2n) is 8.76. The maximum atomic E-state index is 11.9. The highest BCUT2D eigenvalue weighted by molar-refractivity contribution is 7.81. The van der Waals surface area contributed by atoms with E-state index in [1.807, 2.05) is 39.0 Å². The minimum atomic E-state index is -0.541. The zero-order valence-corrected chi connectivity index (χ0v) is 19.8. The Hall–Kier alpha value is -2.76. The van der Waals surface area contributed by atoms with E-state index in [0.717, 1.165) is 0 Å². The highest BCUT2D eigenvalue weighted by Gasteiger charge is 2.41. The normalized spacial score (nSPS) is 12.8. The summed E-state index contributed by atoms with van der Waals surface area (Å²) in [6, 6.07) is 31.5. The van der Waals surface area contributed by atoms with Crippen molar-refractivity contribution in [3.05, 3.63) is 108 Å². The highest BCUT2D eigenvalue weighted by atomic mass is 32.1. The summed E-state index contributed by atoms with van der Waals surface area (Å²) in [7, 11) is 0. The second-order valence-corrected chi connectivity index (χ2v) is 9.39. The summed E-state index contributed by atoms with van der Waals surface area (Å²) in [4.78, 5) is 11.9. The number of thiol groups is 1. The molecule has 4 nitrogen and oxygen atoms in total. The van der Waals surface area contributed by atoms with Crippen LogP contribution in [-0.2, 0) is 10.2 Å². The SMILES string of the molecule is CC(C)(C)OC(=O)NNCC[C@@H](S)C(c1ccccc1)(c1ccccc1)c1ccccc1. The molecule has 0 aliphatic heterocycles. The number of hydrazine groups is 1. The molecule has 0 unspecified atom stereocenters. The summed E-state index contributed by atoms with van der Waals surface area (Å²) in [6.07, 6.45) is 0.214. The average molecular weight is 449 g/mol. The molecule has 0 aromatic heterocycles. The fourth-order valence-corrected chi connectivity index (χ4v) is 4.62. The summed E-state index contributed by atoms with van der Waals surface area (Å²) in [6.45, 7) is 6.06. The van der Waals surface area contributed by atoms with Crippen LogP contribution in [0.2, 0.25) is 0 Å². The molecule has 3 aromatic rings. The maximum Gasteiger partial charge on any atom is 0.422 e. The molecule has 0 bridgehead atoms. The van der Waals surface area contributed by atoms with Crippen molar-refractivity contribution in [2.45, 2.75) is 43.5 Å². The van der Waals surface area contributed by atoms with E-state index >= 15 is 0 Å². The molecule has 3 aromatic carbocycles. The van der Waals surface area contributed by atoms with E-state index in [2.05, 4.69) is 83.6 Å². The molecule has 0 aliphatic rings. The van der Waals surface area contributed by atoms with Crippen molar-refractivity contribution >= 4 is 18.7 Å². The van der Waals surface area contributed by atoms with E-state index in [-0.39, 0.29) is 5.25 Å². The van der Waals surface area contributed by atoms with Gasteiger partial charge in [-0.3, -0.25) is 5.43 Å². The highest BCUT2D eigenvalue weighted by Crippen LogP contribution is 2.45. The molecule has 1 amide bonds. The first kappa shape index (κ1) is 23.9. The summed E-state index contributed by atoms with van der Waals surface area (Å²) in [5, 5.41) is -0.0670. The van der Waals surface area contributed by atoms with Crippen LogP contribution in [0.5, 0.6) is 0 Å². The molecule has 1 atom stereocenters. The van der Waals surface area contributed by atoms with E-state index in [1.165, 1.54) is 16.7 Å². The van der Waals surface area contributed by atoms with Gasteiger partial charge in [0.25, 0.3) is 0 Å². The number of carbonyl (C=O) groups is 1. The molecule has 0 heterocycles. The predicted molar refractivity (Wildman–Crippen MR) is 134 cm³/mol. The zero-order valence-electron chi connectivity index (χ0n) is 18.9. The Morgan fingerprint density at radius 2 is 1.22 bits per heavy atom. The smallest absolute Gasteiger partial charge is 0.422 e. The van der Waals surface area contributed by atoms with Crippen LogP contribution in [0.25, 0.3) is 0 Å². The van der Waals surface area contributed by atoms with Gasteiger partial charge in [-0.2, -0.15) is 12.6 Å². The molecule has 2 N–H and O–H groups in total. The number of hydrogen-bond donors (Lipinski definition) is 3. The van der Waals surface area contributed by atoms with Gasteiger partial charge in [-0.15, -0.1) is 0 Å². The van der Waals surface area contributed by atoms with Gasteiger partial charge < -0.3 is 4.74 Å². The third-order valence-corrected chi connectivity index (χ3v) is 5.96. The van der Waals surface area contributed by atoms with Gasteiger partial charge in [-0.25, -0.2) is 10.2 Å². The van der Waals surface area contributed by atoms with E-state index in [4.69, 9.17) is 17.4 Å². The molecule has 32 heavy (non-hydrogen) atoms. The first-order valence-electron chi connectivity index (χ1n) is 10.9. The Balaban J connectivity index is 1.90. The van der Waals surface area contributed by atoms with Gasteiger partial charge in [0, 0.05) is 11.8 Å².